The van der Waals surface area contributed by atoms with E-state index < -0.39 is 0 Å². The summed E-state index contributed by atoms with van der Waals surface area (Å²) < 4.78 is 8.50. The molecule has 2 aliphatic rings. The Balaban J connectivity index is -0.000000479. The zero-order valence-corrected chi connectivity index (χ0v) is 30.3. The van der Waals surface area contributed by atoms with E-state index >= 15 is 0 Å². The zero-order chi connectivity index (χ0) is 31.2. The number of aliphatic hydroxyl groups is 2. The largest absolute Gasteiger partial charge is 0.400 e. The Bertz CT molecular complexity index is 923. The standard InChI is InChI=1S/C12H16N2.C11H14N2.2C2H6O.2CH4O.I2/c1-12(2)9-7-5-6-8-10(9)14(4)11(12)13-3;1-8-9-6-4-5-7-10(9)13(3)11(8)12-2;2*1-3-2;3*1-2/h5-8H,1-4H3;4-8H,1-3H3;2*1-2H3;2*2H,1H3;. The summed E-state index contributed by atoms with van der Waals surface area (Å²) in [6, 6.07) is 17.0. The maximum absolute atomic E-state index is 7.00. The lowest BCUT2D eigenvalue weighted by Gasteiger charge is -2.21. The molecule has 0 spiro atoms. The first-order valence-electron chi connectivity index (χ1n) is 12.1. The predicted molar refractivity (Wildman–Crippen MR) is 188 cm³/mol. The van der Waals surface area contributed by atoms with Gasteiger partial charge in [0.1, 0.15) is 11.7 Å². The number of hydrogen-bond acceptors (Lipinski definition) is 6. The van der Waals surface area contributed by atoms with E-state index in [2.05, 4.69) is 150 Å². The molecule has 8 nitrogen and oxygen atoms in total. The first-order valence-corrected chi connectivity index (χ1v) is 18.4. The van der Waals surface area contributed by atoms with E-state index in [0.717, 1.165) is 25.9 Å². The molecular weight excluding hydrogens is 722 g/mol. The number of amidine groups is 2. The van der Waals surface area contributed by atoms with E-state index in [4.69, 9.17) is 10.2 Å². The normalized spacial score (nSPS) is 17.0. The van der Waals surface area contributed by atoms with Crippen molar-refractivity contribution in [2.24, 2.45) is 9.98 Å². The highest BCUT2D eigenvalue weighted by Crippen LogP contribution is 2.41. The highest BCUT2D eigenvalue weighted by Gasteiger charge is 2.39. The van der Waals surface area contributed by atoms with Gasteiger partial charge in [-0.15, -0.1) is 0 Å². The van der Waals surface area contributed by atoms with Crippen LogP contribution in [0.3, 0.4) is 0 Å². The Morgan fingerprint density at radius 2 is 1.15 bits per heavy atom. The summed E-state index contributed by atoms with van der Waals surface area (Å²) >= 11 is 4.24. The molecular formula is C29H50I2N4O4. The number of likely N-dealkylation sites (N-methyl/N-ethyl adjacent to an activating group) is 2. The SMILES string of the molecule is CN=C1C(C)c2ccccc2N1C.CN=C1N(C)c2ccccc2C1(C)C.CO.CO.COC.COC.II. The minimum absolute atomic E-state index is 0.0418. The van der Waals surface area contributed by atoms with Gasteiger partial charge in [0.15, 0.2) is 0 Å². The summed E-state index contributed by atoms with van der Waals surface area (Å²) in [5.41, 5.74) is 5.35. The number of para-hydroxylation sites is 2. The lowest BCUT2D eigenvalue weighted by atomic mass is 9.86. The maximum atomic E-state index is 7.00. The molecule has 0 saturated carbocycles. The zero-order valence-electron chi connectivity index (χ0n) is 26.0. The molecule has 0 saturated heterocycles. The van der Waals surface area contributed by atoms with Crippen molar-refractivity contribution in [2.75, 3.05) is 80.6 Å². The Kier molecular flexibility index (Phi) is 26.5. The first-order chi connectivity index (χ1) is 18.7. The van der Waals surface area contributed by atoms with Crippen LogP contribution in [0.25, 0.3) is 0 Å². The topological polar surface area (TPSA) is 90.1 Å². The Labute approximate surface area is 260 Å². The number of hydrogen-bond donors (Lipinski definition) is 2. The number of methoxy groups -OCH3 is 2. The fraction of sp³-hybridized carbons (Fsp3) is 0.517. The Morgan fingerprint density at radius 3 is 1.54 bits per heavy atom. The number of ether oxygens (including phenoxy) is 2. The van der Waals surface area contributed by atoms with Crippen molar-refractivity contribution in [1.29, 1.82) is 0 Å². The van der Waals surface area contributed by atoms with Crippen molar-refractivity contribution < 1.29 is 19.7 Å². The van der Waals surface area contributed by atoms with E-state index in [1.165, 1.54) is 22.5 Å². The third-order valence-corrected chi connectivity index (χ3v) is 5.75. The third-order valence-electron chi connectivity index (χ3n) is 5.75. The molecule has 0 bridgehead atoms. The van der Waals surface area contributed by atoms with Crippen LogP contribution in [0.4, 0.5) is 11.4 Å². The molecule has 0 radical (unpaired) electrons. The van der Waals surface area contributed by atoms with Crippen molar-refractivity contribution >= 4 is 60.3 Å². The van der Waals surface area contributed by atoms with Gasteiger partial charge >= 0.3 is 0 Å². The minimum atomic E-state index is 0.0418. The molecule has 4 rings (SSSR count). The van der Waals surface area contributed by atoms with Crippen LogP contribution in [0.2, 0.25) is 0 Å². The van der Waals surface area contributed by atoms with E-state index in [-0.39, 0.29) is 5.41 Å². The van der Waals surface area contributed by atoms with Crippen molar-refractivity contribution in [3.8, 4) is 0 Å². The molecule has 224 valence electrons. The molecule has 2 aliphatic heterocycles. The predicted octanol–water partition coefficient (Wildman–Crippen LogP) is 6.22. The van der Waals surface area contributed by atoms with Crippen LogP contribution in [0.5, 0.6) is 0 Å². The Morgan fingerprint density at radius 1 is 0.744 bits per heavy atom. The molecule has 0 aromatic heterocycles. The summed E-state index contributed by atoms with van der Waals surface area (Å²) in [6.45, 7) is 6.64. The molecule has 1 unspecified atom stereocenters. The summed E-state index contributed by atoms with van der Waals surface area (Å²) in [6.07, 6.45) is 0. The highest BCUT2D eigenvalue weighted by atomic mass is 128. The van der Waals surface area contributed by atoms with Crippen LogP contribution in [-0.4, -0.2) is 92.7 Å². The van der Waals surface area contributed by atoms with Gasteiger partial charge in [-0.1, -0.05) is 43.3 Å². The fourth-order valence-corrected chi connectivity index (χ4v) is 4.43. The van der Waals surface area contributed by atoms with Gasteiger partial charge in [-0.2, -0.15) is 0 Å². The van der Waals surface area contributed by atoms with Crippen molar-refractivity contribution in [3.05, 3.63) is 59.7 Å². The maximum Gasteiger partial charge on any atom is 0.113 e. The number of fused-ring (bicyclic) bond motifs is 2. The first kappa shape index (κ1) is 42.2. The molecule has 0 aliphatic carbocycles. The summed E-state index contributed by atoms with van der Waals surface area (Å²) in [5.74, 6) is 2.73. The van der Waals surface area contributed by atoms with E-state index in [9.17, 15) is 0 Å². The minimum Gasteiger partial charge on any atom is -0.400 e. The second-order valence-electron chi connectivity index (χ2n) is 8.49. The van der Waals surface area contributed by atoms with Gasteiger partial charge in [-0.05, 0) is 37.1 Å². The molecule has 2 heterocycles. The number of benzene rings is 2. The summed E-state index contributed by atoms with van der Waals surface area (Å²) in [4.78, 5) is 13.0. The molecule has 2 aromatic rings. The van der Waals surface area contributed by atoms with Gasteiger partial charge in [0, 0.05) is 131 Å². The van der Waals surface area contributed by atoms with Crippen LogP contribution in [0.1, 0.15) is 37.8 Å². The highest BCUT2D eigenvalue weighted by molar-refractivity contribution is 15.0. The molecule has 0 amide bonds. The molecule has 2 N–H and O–H groups in total. The van der Waals surface area contributed by atoms with Crippen molar-refractivity contribution in [2.45, 2.75) is 32.1 Å². The van der Waals surface area contributed by atoms with Crippen LogP contribution < -0.4 is 9.80 Å². The van der Waals surface area contributed by atoms with Gasteiger partial charge in [-0.3, -0.25) is 9.98 Å². The third kappa shape index (κ3) is 12.0. The lowest BCUT2D eigenvalue weighted by molar-refractivity contribution is 0.277. The average molecular weight is 773 g/mol. The fourth-order valence-electron chi connectivity index (χ4n) is 4.43. The summed E-state index contributed by atoms with van der Waals surface area (Å²) in [7, 11) is 16.4. The second-order valence-corrected chi connectivity index (χ2v) is 8.49. The monoisotopic (exact) mass is 772 g/mol. The Hall–Kier alpha value is -1.32. The van der Waals surface area contributed by atoms with Gasteiger partial charge in [0.05, 0.1) is 0 Å². The van der Waals surface area contributed by atoms with Crippen LogP contribution in [0, 0.1) is 0 Å². The number of aliphatic imine (C=N–C) groups is 2. The van der Waals surface area contributed by atoms with Gasteiger partial charge in [0.25, 0.3) is 0 Å². The summed E-state index contributed by atoms with van der Waals surface area (Å²) in [5, 5.41) is 14.0. The average Bonchev–Trinajstić information content (AvgIpc) is 3.33. The van der Waals surface area contributed by atoms with E-state index in [1.807, 2.05) is 14.1 Å². The number of aliphatic hydroxyl groups excluding tert-OH is 2. The van der Waals surface area contributed by atoms with Gasteiger partial charge < -0.3 is 29.5 Å². The van der Waals surface area contributed by atoms with Crippen molar-refractivity contribution in [1.82, 2.24) is 0 Å². The van der Waals surface area contributed by atoms with Crippen LogP contribution in [-0.2, 0) is 14.9 Å². The molecule has 10 heteroatoms. The molecule has 1 atom stereocenters. The number of anilines is 2. The van der Waals surface area contributed by atoms with Gasteiger partial charge in [0.2, 0.25) is 0 Å². The molecule has 39 heavy (non-hydrogen) atoms. The number of nitrogens with zero attached hydrogens (tertiary/aromatic N) is 4. The second kappa shape index (κ2) is 24.5. The molecule has 0 fully saturated rings. The number of rotatable bonds is 0. The van der Waals surface area contributed by atoms with Crippen LogP contribution >= 0.6 is 37.2 Å². The van der Waals surface area contributed by atoms with Crippen molar-refractivity contribution in [3.63, 3.8) is 0 Å². The number of halogens is 2. The smallest absolute Gasteiger partial charge is 0.113 e. The lowest BCUT2D eigenvalue weighted by Crippen LogP contribution is -2.33. The van der Waals surface area contributed by atoms with E-state index in [0.29, 0.717) is 5.92 Å². The quantitative estimate of drug-likeness (QED) is 0.309. The molecule has 2 aromatic carbocycles. The van der Waals surface area contributed by atoms with Gasteiger partial charge in [-0.25, -0.2) is 0 Å². The van der Waals surface area contributed by atoms with E-state index in [1.54, 1.807) is 28.4 Å². The van der Waals surface area contributed by atoms with Crippen LogP contribution in [0.15, 0.2) is 58.5 Å².